The second-order valence-electron chi connectivity index (χ2n) is 4.95. The van der Waals surface area contributed by atoms with Gasteiger partial charge in [-0.15, -0.1) is 0 Å². The maximum atomic E-state index is 5.26. The third-order valence-electron chi connectivity index (χ3n) is 3.68. The lowest BCUT2D eigenvalue weighted by Gasteiger charge is -2.18. The fourth-order valence-electron chi connectivity index (χ4n) is 2.61. The first-order valence-electron chi connectivity index (χ1n) is 6.85. The highest BCUT2D eigenvalue weighted by atomic mass is 79.9. The van der Waals surface area contributed by atoms with Crippen LogP contribution in [0.4, 0.5) is 0 Å². The maximum absolute atomic E-state index is 5.26. The number of ether oxygens (including phenoxy) is 1. The Labute approximate surface area is 127 Å². The molecule has 0 bridgehead atoms. The molecule has 0 spiro atoms. The van der Waals surface area contributed by atoms with Gasteiger partial charge in [-0.2, -0.15) is 0 Å². The number of halogens is 1. The van der Waals surface area contributed by atoms with Crippen molar-refractivity contribution in [3.8, 4) is 5.75 Å². The summed E-state index contributed by atoms with van der Waals surface area (Å²) in [6.07, 6.45) is 1.93. The van der Waals surface area contributed by atoms with Gasteiger partial charge in [0.15, 0.2) is 0 Å². The molecule has 0 aliphatic carbocycles. The van der Waals surface area contributed by atoms with Crippen molar-refractivity contribution in [2.24, 2.45) is 0 Å². The van der Waals surface area contributed by atoms with Gasteiger partial charge < -0.3 is 14.6 Å². The Morgan fingerprint density at radius 1 is 1.40 bits per heavy atom. The summed E-state index contributed by atoms with van der Waals surface area (Å²) < 4.78 is 8.58. The Morgan fingerprint density at radius 2 is 2.30 bits per heavy atom. The smallest absolute Gasteiger partial charge is 0.128 e. The van der Waals surface area contributed by atoms with Gasteiger partial charge in [0.2, 0.25) is 0 Å². The maximum Gasteiger partial charge on any atom is 0.128 e. The molecule has 1 aliphatic rings. The second-order valence-corrected chi connectivity index (χ2v) is 5.70. The van der Waals surface area contributed by atoms with E-state index in [9.17, 15) is 0 Å². The van der Waals surface area contributed by atoms with Crippen LogP contribution in [0.5, 0.6) is 5.75 Å². The Kier molecular flexibility index (Phi) is 4.08. The molecule has 0 unspecified atom stereocenters. The SMILES string of the molecule is COc1cccc(CCc2nc(Br)c3n2CCNC3)c1. The molecule has 20 heavy (non-hydrogen) atoms. The van der Waals surface area contributed by atoms with Crippen LogP contribution in [0.25, 0.3) is 0 Å². The van der Waals surface area contributed by atoms with Gasteiger partial charge in [-0.05, 0) is 40.0 Å². The zero-order valence-corrected chi connectivity index (χ0v) is 13.1. The van der Waals surface area contributed by atoms with Crippen molar-refractivity contribution in [2.75, 3.05) is 13.7 Å². The lowest BCUT2D eigenvalue weighted by Crippen LogP contribution is -2.28. The van der Waals surface area contributed by atoms with Crippen molar-refractivity contribution >= 4 is 15.9 Å². The largest absolute Gasteiger partial charge is 0.497 e. The molecular weight excluding hydrogens is 318 g/mol. The van der Waals surface area contributed by atoms with Crippen LogP contribution in [0.2, 0.25) is 0 Å². The first-order valence-corrected chi connectivity index (χ1v) is 7.64. The van der Waals surface area contributed by atoms with E-state index in [4.69, 9.17) is 4.74 Å². The summed E-state index contributed by atoms with van der Waals surface area (Å²) in [7, 11) is 1.70. The van der Waals surface area contributed by atoms with Gasteiger partial charge in [0.25, 0.3) is 0 Å². The minimum Gasteiger partial charge on any atom is -0.497 e. The molecule has 0 radical (unpaired) electrons. The first-order chi connectivity index (χ1) is 9.78. The van der Waals surface area contributed by atoms with Crippen LogP contribution in [0, 0.1) is 0 Å². The van der Waals surface area contributed by atoms with Gasteiger partial charge in [0.05, 0.1) is 12.8 Å². The van der Waals surface area contributed by atoms with E-state index in [2.05, 4.69) is 42.9 Å². The zero-order chi connectivity index (χ0) is 13.9. The fourth-order valence-corrected chi connectivity index (χ4v) is 3.17. The molecular formula is C15H18BrN3O. The number of benzene rings is 1. The average Bonchev–Trinajstić information content (AvgIpc) is 2.82. The molecule has 1 aromatic heterocycles. The van der Waals surface area contributed by atoms with Crippen molar-refractivity contribution in [1.82, 2.24) is 14.9 Å². The Hall–Kier alpha value is -1.33. The van der Waals surface area contributed by atoms with Crippen molar-refractivity contribution < 1.29 is 4.74 Å². The topological polar surface area (TPSA) is 39.1 Å². The van der Waals surface area contributed by atoms with Crippen molar-refractivity contribution in [1.29, 1.82) is 0 Å². The number of methoxy groups -OCH3 is 1. The highest BCUT2D eigenvalue weighted by Gasteiger charge is 2.17. The van der Waals surface area contributed by atoms with Crippen molar-refractivity contribution in [2.45, 2.75) is 25.9 Å². The van der Waals surface area contributed by atoms with Gasteiger partial charge in [-0.1, -0.05) is 12.1 Å². The number of nitrogens with zero attached hydrogens (tertiary/aromatic N) is 2. The third kappa shape index (κ3) is 2.74. The molecule has 0 atom stereocenters. The quantitative estimate of drug-likeness (QED) is 0.933. The minimum atomic E-state index is 0.896. The second kappa shape index (κ2) is 5.97. The minimum absolute atomic E-state index is 0.896. The molecule has 2 aromatic rings. The van der Waals surface area contributed by atoms with Crippen LogP contribution in [0.15, 0.2) is 28.9 Å². The molecule has 1 aromatic carbocycles. The number of rotatable bonds is 4. The van der Waals surface area contributed by atoms with Gasteiger partial charge >= 0.3 is 0 Å². The Balaban J connectivity index is 1.75. The average molecular weight is 336 g/mol. The van der Waals surface area contributed by atoms with E-state index in [1.807, 2.05) is 12.1 Å². The normalized spacial score (nSPS) is 14.1. The summed E-state index contributed by atoms with van der Waals surface area (Å²) in [6, 6.07) is 8.24. The summed E-state index contributed by atoms with van der Waals surface area (Å²) >= 11 is 3.56. The number of hydrogen-bond acceptors (Lipinski definition) is 3. The van der Waals surface area contributed by atoms with Crippen LogP contribution < -0.4 is 10.1 Å². The van der Waals surface area contributed by atoms with Crippen LogP contribution in [0.1, 0.15) is 17.1 Å². The van der Waals surface area contributed by atoms with Crippen LogP contribution in [-0.4, -0.2) is 23.2 Å². The zero-order valence-electron chi connectivity index (χ0n) is 11.5. The van der Waals surface area contributed by atoms with E-state index in [0.717, 1.165) is 48.7 Å². The van der Waals surface area contributed by atoms with Crippen LogP contribution in [0.3, 0.4) is 0 Å². The molecule has 5 heteroatoms. The molecule has 0 fully saturated rings. The highest BCUT2D eigenvalue weighted by molar-refractivity contribution is 9.10. The van der Waals surface area contributed by atoms with Gasteiger partial charge in [0.1, 0.15) is 16.2 Å². The summed E-state index contributed by atoms with van der Waals surface area (Å²) in [5, 5.41) is 3.38. The lowest BCUT2D eigenvalue weighted by molar-refractivity contribution is 0.414. The standard InChI is InChI=1S/C15H18BrN3O/c1-20-12-4-2-3-11(9-12)5-6-14-18-15(16)13-10-17-7-8-19(13)14/h2-4,9,17H,5-8,10H2,1H3. The molecule has 106 valence electrons. The highest BCUT2D eigenvalue weighted by Crippen LogP contribution is 2.21. The number of aromatic nitrogens is 2. The number of aryl methyl sites for hydroxylation is 2. The van der Waals surface area contributed by atoms with E-state index in [1.165, 1.54) is 11.3 Å². The molecule has 3 rings (SSSR count). The van der Waals surface area contributed by atoms with Gasteiger partial charge in [-0.3, -0.25) is 0 Å². The van der Waals surface area contributed by atoms with Crippen molar-refractivity contribution in [3.63, 3.8) is 0 Å². The van der Waals surface area contributed by atoms with Gasteiger partial charge in [-0.25, -0.2) is 4.98 Å². The number of nitrogens with one attached hydrogen (secondary N) is 1. The fraction of sp³-hybridized carbons (Fsp3) is 0.400. The number of imidazole rings is 1. The third-order valence-corrected chi connectivity index (χ3v) is 4.31. The molecule has 0 saturated heterocycles. The Morgan fingerprint density at radius 3 is 3.15 bits per heavy atom. The van der Waals surface area contributed by atoms with Crippen LogP contribution >= 0.6 is 15.9 Å². The molecule has 0 amide bonds. The van der Waals surface area contributed by atoms with E-state index in [1.54, 1.807) is 7.11 Å². The van der Waals surface area contributed by atoms with E-state index >= 15 is 0 Å². The van der Waals surface area contributed by atoms with E-state index in [-0.39, 0.29) is 0 Å². The molecule has 2 heterocycles. The van der Waals surface area contributed by atoms with Crippen LogP contribution in [-0.2, 0) is 25.9 Å². The summed E-state index contributed by atoms with van der Waals surface area (Å²) in [6.45, 7) is 2.91. The lowest BCUT2D eigenvalue weighted by atomic mass is 10.1. The predicted molar refractivity (Wildman–Crippen MR) is 82.0 cm³/mol. The van der Waals surface area contributed by atoms with Crippen molar-refractivity contribution in [3.05, 3.63) is 46.0 Å². The Bertz CT molecular complexity index is 609. The summed E-state index contributed by atoms with van der Waals surface area (Å²) in [5.41, 5.74) is 2.55. The number of hydrogen-bond donors (Lipinski definition) is 1. The monoisotopic (exact) mass is 335 g/mol. The first kappa shape index (κ1) is 13.6. The van der Waals surface area contributed by atoms with E-state index in [0.29, 0.717) is 0 Å². The summed E-state index contributed by atoms with van der Waals surface area (Å²) in [5.74, 6) is 2.08. The predicted octanol–water partition coefficient (Wildman–Crippen LogP) is 2.54. The molecule has 1 aliphatic heterocycles. The van der Waals surface area contributed by atoms with E-state index < -0.39 is 0 Å². The molecule has 1 N–H and O–H groups in total. The number of fused-ring (bicyclic) bond motifs is 1. The molecule has 0 saturated carbocycles. The molecule has 4 nitrogen and oxygen atoms in total. The summed E-state index contributed by atoms with van der Waals surface area (Å²) in [4.78, 5) is 4.66. The van der Waals surface area contributed by atoms with Gasteiger partial charge in [0, 0.05) is 26.1 Å².